The first-order valence-electron chi connectivity index (χ1n) is 7.09. The third kappa shape index (κ3) is 2.36. The summed E-state index contributed by atoms with van der Waals surface area (Å²) >= 11 is 0. The van der Waals surface area contributed by atoms with Gasteiger partial charge in [-0.05, 0) is 6.07 Å². The van der Waals surface area contributed by atoms with E-state index in [0.717, 1.165) is 0 Å². The van der Waals surface area contributed by atoms with Gasteiger partial charge >= 0.3 is 0 Å². The fraction of sp³-hybridized carbons (Fsp3) is 0.533. The summed E-state index contributed by atoms with van der Waals surface area (Å²) in [6.45, 7) is 5.00. The maximum atomic E-state index is 12.5. The van der Waals surface area contributed by atoms with E-state index in [-0.39, 0.29) is 17.0 Å². The number of likely N-dealkylation sites (N-methyl/N-ethyl adjacent to an activating group) is 1. The number of carbonyl (C=O) groups excluding carboxylic acids is 1. The van der Waals surface area contributed by atoms with Gasteiger partial charge in [-0.3, -0.25) is 14.9 Å². The Morgan fingerprint density at radius 1 is 1.32 bits per heavy atom. The van der Waals surface area contributed by atoms with Crippen LogP contribution in [0.3, 0.4) is 0 Å². The Bertz CT molecular complexity index is 633. The second kappa shape index (κ2) is 5.03. The van der Waals surface area contributed by atoms with Crippen LogP contribution in [0.5, 0.6) is 0 Å². The number of hydrogen-bond donors (Lipinski definition) is 0. The van der Waals surface area contributed by atoms with Gasteiger partial charge in [0.1, 0.15) is 5.92 Å². The molecule has 2 aliphatic heterocycles. The Balaban J connectivity index is 1.95. The summed E-state index contributed by atoms with van der Waals surface area (Å²) in [5, 5.41) is 11.0. The van der Waals surface area contributed by atoms with Gasteiger partial charge < -0.3 is 14.4 Å². The van der Waals surface area contributed by atoms with Crippen molar-refractivity contribution in [2.45, 2.75) is 26.1 Å². The predicted molar refractivity (Wildman–Crippen MR) is 78.7 cm³/mol. The van der Waals surface area contributed by atoms with Crippen LogP contribution in [-0.2, 0) is 14.3 Å². The van der Waals surface area contributed by atoms with Crippen LogP contribution in [0, 0.1) is 15.5 Å². The third-order valence-corrected chi connectivity index (χ3v) is 4.06. The number of amides is 1. The molecule has 1 saturated heterocycles. The van der Waals surface area contributed by atoms with Crippen molar-refractivity contribution in [2.24, 2.45) is 5.41 Å². The number of benzene rings is 1. The molecule has 1 fully saturated rings. The lowest BCUT2D eigenvalue weighted by Gasteiger charge is -2.36. The van der Waals surface area contributed by atoms with E-state index in [9.17, 15) is 14.9 Å². The molecule has 3 rings (SSSR count). The lowest BCUT2D eigenvalue weighted by atomic mass is 9.93. The first-order valence-corrected chi connectivity index (χ1v) is 7.09. The van der Waals surface area contributed by atoms with E-state index >= 15 is 0 Å². The Hall–Kier alpha value is -1.99. The molecule has 1 atom stereocenters. The minimum Gasteiger partial charge on any atom is -0.351 e. The predicted octanol–water partition coefficient (Wildman–Crippen LogP) is 2.05. The summed E-state index contributed by atoms with van der Waals surface area (Å²) in [5.41, 5.74) is 1.11. The van der Waals surface area contributed by atoms with Crippen molar-refractivity contribution >= 4 is 17.3 Å². The first kappa shape index (κ1) is 14.9. The third-order valence-electron chi connectivity index (χ3n) is 4.06. The normalized spacial score (nSPS) is 24.4. The Morgan fingerprint density at radius 3 is 2.55 bits per heavy atom. The van der Waals surface area contributed by atoms with Gasteiger partial charge in [-0.15, -0.1) is 0 Å². The molecule has 1 aromatic rings. The molecular formula is C15H18N2O5. The number of ether oxygens (including phenoxy) is 2. The van der Waals surface area contributed by atoms with Gasteiger partial charge in [-0.2, -0.15) is 0 Å². The standard InChI is InChI=1S/C15H18N2O5/c1-15(2)7-21-14(22-8-15)12-10-6-9(17(19)20)4-5-11(10)16(3)13(12)18/h4-6,12,14H,7-8H2,1-3H3. The number of nitro benzene ring substituents is 1. The smallest absolute Gasteiger partial charge is 0.269 e. The maximum absolute atomic E-state index is 12.5. The minimum absolute atomic E-state index is 0.0389. The molecule has 0 saturated carbocycles. The molecule has 0 aliphatic carbocycles. The fourth-order valence-electron chi connectivity index (χ4n) is 2.83. The molecule has 7 nitrogen and oxygen atoms in total. The highest BCUT2D eigenvalue weighted by atomic mass is 16.7. The highest BCUT2D eigenvalue weighted by molar-refractivity contribution is 6.05. The molecule has 2 aliphatic rings. The van der Waals surface area contributed by atoms with Crippen LogP contribution >= 0.6 is 0 Å². The molecule has 1 unspecified atom stereocenters. The number of fused-ring (bicyclic) bond motifs is 1. The van der Waals surface area contributed by atoms with Crippen LogP contribution < -0.4 is 4.90 Å². The van der Waals surface area contributed by atoms with Crippen LogP contribution in [-0.4, -0.2) is 37.4 Å². The zero-order chi connectivity index (χ0) is 16.1. The van der Waals surface area contributed by atoms with E-state index in [0.29, 0.717) is 24.5 Å². The molecule has 0 N–H and O–H groups in total. The number of anilines is 1. The second-order valence-electron chi connectivity index (χ2n) is 6.53. The highest BCUT2D eigenvalue weighted by Crippen LogP contribution is 2.42. The topological polar surface area (TPSA) is 81.9 Å². The molecule has 0 radical (unpaired) electrons. The zero-order valence-electron chi connectivity index (χ0n) is 12.7. The van der Waals surface area contributed by atoms with Crippen LogP contribution in [0.2, 0.25) is 0 Å². The first-order chi connectivity index (χ1) is 10.3. The van der Waals surface area contributed by atoms with Crippen molar-refractivity contribution in [2.75, 3.05) is 25.2 Å². The van der Waals surface area contributed by atoms with Crippen molar-refractivity contribution in [1.82, 2.24) is 0 Å². The number of nitrogens with zero attached hydrogens (tertiary/aromatic N) is 2. The van der Waals surface area contributed by atoms with E-state index in [1.807, 2.05) is 13.8 Å². The van der Waals surface area contributed by atoms with Crippen LogP contribution in [0.4, 0.5) is 11.4 Å². The molecule has 7 heteroatoms. The number of carbonyl (C=O) groups is 1. The monoisotopic (exact) mass is 306 g/mol. The van der Waals surface area contributed by atoms with Gasteiger partial charge in [0.25, 0.3) is 5.69 Å². The molecule has 0 bridgehead atoms. The van der Waals surface area contributed by atoms with Crippen molar-refractivity contribution in [1.29, 1.82) is 0 Å². The highest BCUT2D eigenvalue weighted by Gasteiger charge is 2.45. The SMILES string of the molecule is CN1C(=O)C(C2OCC(C)(C)CO2)c2cc([N+](=O)[O-])ccc21. The summed E-state index contributed by atoms with van der Waals surface area (Å²) in [4.78, 5) is 24.5. The van der Waals surface area contributed by atoms with Crippen molar-refractivity contribution in [3.05, 3.63) is 33.9 Å². The summed E-state index contributed by atoms with van der Waals surface area (Å²) in [6, 6.07) is 4.43. The van der Waals surface area contributed by atoms with Crippen LogP contribution in [0.25, 0.3) is 0 Å². The minimum atomic E-state index is -0.703. The molecule has 0 spiro atoms. The molecule has 118 valence electrons. The van der Waals surface area contributed by atoms with Gasteiger partial charge in [0.2, 0.25) is 5.91 Å². The van der Waals surface area contributed by atoms with E-state index in [1.165, 1.54) is 17.0 Å². The maximum Gasteiger partial charge on any atom is 0.269 e. The molecule has 22 heavy (non-hydrogen) atoms. The summed E-state index contributed by atoms with van der Waals surface area (Å²) < 4.78 is 11.4. The Morgan fingerprint density at radius 2 is 1.95 bits per heavy atom. The number of hydrogen-bond acceptors (Lipinski definition) is 5. The fourth-order valence-corrected chi connectivity index (χ4v) is 2.83. The molecule has 1 amide bonds. The average Bonchev–Trinajstić information content (AvgIpc) is 2.71. The summed E-state index contributed by atoms with van der Waals surface area (Å²) in [7, 11) is 1.65. The van der Waals surface area contributed by atoms with Crippen LogP contribution in [0.1, 0.15) is 25.3 Å². The number of rotatable bonds is 2. The van der Waals surface area contributed by atoms with E-state index in [2.05, 4.69) is 0 Å². The summed E-state index contributed by atoms with van der Waals surface area (Å²) in [5.74, 6) is -0.823. The molecular weight excluding hydrogens is 288 g/mol. The van der Waals surface area contributed by atoms with E-state index < -0.39 is 17.1 Å². The molecule has 0 aromatic heterocycles. The van der Waals surface area contributed by atoms with Crippen LogP contribution in [0.15, 0.2) is 18.2 Å². The van der Waals surface area contributed by atoms with Gasteiger partial charge in [-0.25, -0.2) is 0 Å². The van der Waals surface area contributed by atoms with Crippen molar-refractivity contribution in [3.8, 4) is 0 Å². The Labute approximate surface area is 128 Å². The average molecular weight is 306 g/mol. The van der Waals surface area contributed by atoms with Gasteiger partial charge in [0, 0.05) is 35.8 Å². The second-order valence-corrected chi connectivity index (χ2v) is 6.53. The Kier molecular flexibility index (Phi) is 3.41. The number of nitro groups is 1. The molecule has 2 heterocycles. The summed E-state index contributed by atoms with van der Waals surface area (Å²) in [6.07, 6.45) is -0.703. The quantitative estimate of drug-likeness (QED) is 0.617. The zero-order valence-corrected chi connectivity index (χ0v) is 12.7. The lowest BCUT2D eigenvalue weighted by Crippen LogP contribution is -2.43. The van der Waals surface area contributed by atoms with Gasteiger partial charge in [-0.1, -0.05) is 13.8 Å². The largest absolute Gasteiger partial charge is 0.351 e. The van der Waals surface area contributed by atoms with Gasteiger partial charge in [0.05, 0.1) is 18.1 Å². The molecule has 1 aromatic carbocycles. The lowest BCUT2D eigenvalue weighted by molar-refractivity contribution is -0.384. The van der Waals surface area contributed by atoms with E-state index in [4.69, 9.17) is 9.47 Å². The van der Waals surface area contributed by atoms with E-state index in [1.54, 1.807) is 13.1 Å². The van der Waals surface area contributed by atoms with Crippen molar-refractivity contribution < 1.29 is 19.2 Å². The van der Waals surface area contributed by atoms with Gasteiger partial charge in [0.15, 0.2) is 6.29 Å². The number of non-ortho nitro benzene ring substituents is 1. The van der Waals surface area contributed by atoms with Crippen molar-refractivity contribution in [3.63, 3.8) is 0 Å².